The maximum atomic E-state index is 12.9. The van der Waals surface area contributed by atoms with Gasteiger partial charge in [-0.05, 0) is 29.9 Å². The highest BCUT2D eigenvalue weighted by Crippen LogP contribution is 2.24. The van der Waals surface area contributed by atoms with E-state index in [4.69, 9.17) is 0 Å². The lowest BCUT2D eigenvalue weighted by molar-refractivity contribution is -0.132. The molecule has 0 radical (unpaired) electrons. The van der Waals surface area contributed by atoms with Crippen LogP contribution in [0.3, 0.4) is 0 Å². The Kier molecular flexibility index (Phi) is 6.64. The number of carbonyl (C=O) groups is 2. The van der Waals surface area contributed by atoms with Crippen LogP contribution in [0.1, 0.15) is 43.2 Å². The number of rotatable bonds is 6. The Hall–Kier alpha value is -2.62. The summed E-state index contributed by atoms with van der Waals surface area (Å²) in [6.45, 7) is 4.24. The minimum absolute atomic E-state index is 0.0628. The highest BCUT2D eigenvalue weighted by molar-refractivity contribution is 5.87. The largest absolute Gasteiger partial charge is 0.355 e. The second kappa shape index (κ2) is 9.36. The summed E-state index contributed by atoms with van der Waals surface area (Å²) >= 11 is 0. The molecule has 0 spiro atoms. The van der Waals surface area contributed by atoms with E-state index in [0.717, 1.165) is 30.6 Å². The van der Waals surface area contributed by atoms with E-state index in [-0.39, 0.29) is 17.7 Å². The smallest absolute Gasteiger partial charge is 0.232 e. The van der Waals surface area contributed by atoms with Gasteiger partial charge in [0.2, 0.25) is 11.8 Å². The molecule has 0 aliphatic carbocycles. The van der Waals surface area contributed by atoms with Crippen molar-refractivity contribution in [3.63, 3.8) is 0 Å². The third-order valence-corrected chi connectivity index (χ3v) is 5.18. The molecular formula is C23H28N2O2. The van der Waals surface area contributed by atoms with Gasteiger partial charge in [0.1, 0.15) is 0 Å². The highest BCUT2D eigenvalue weighted by Gasteiger charge is 2.24. The second-order valence-electron chi connectivity index (χ2n) is 7.38. The third-order valence-electron chi connectivity index (χ3n) is 5.18. The molecule has 4 heteroatoms. The van der Waals surface area contributed by atoms with Crippen molar-refractivity contribution >= 4 is 11.8 Å². The van der Waals surface area contributed by atoms with Gasteiger partial charge in [-0.2, -0.15) is 0 Å². The normalized spacial score (nSPS) is 17.0. The second-order valence-corrected chi connectivity index (χ2v) is 7.38. The number of hydrogen-bond acceptors (Lipinski definition) is 2. The lowest BCUT2D eigenvalue weighted by Crippen LogP contribution is -2.41. The van der Waals surface area contributed by atoms with E-state index in [2.05, 4.69) is 12.2 Å². The fourth-order valence-electron chi connectivity index (χ4n) is 3.75. The van der Waals surface area contributed by atoms with Crippen molar-refractivity contribution in [3.05, 3.63) is 71.8 Å². The molecule has 3 rings (SSSR count). The average Bonchev–Trinajstić information content (AvgIpc) is 2.70. The SMILES string of the molecule is CC1CCCN(C(=O)CCNC(=O)C(c2ccccc2)c2ccccc2)C1. The molecule has 2 aromatic rings. The fraction of sp³-hybridized carbons (Fsp3) is 0.391. The van der Waals surface area contributed by atoms with E-state index in [1.807, 2.05) is 65.6 Å². The summed E-state index contributed by atoms with van der Waals surface area (Å²) in [4.78, 5) is 27.3. The maximum Gasteiger partial charge on any atom is 0.232 e. The lowest BCUT2D eigenvalue weighted by Gasteiger charge is -2.31. The molecule has 1 fully saturated rings. The summed E-state index contributed by atoms with van der Waals surface area (Å²) in [5.41, 5.74) is 1.91. The van der Waals surface area contributed by atoms with Crippen molar-refractivity contribution in [2.45, 2.75) is 32.1 Å². The molecule has 0 saturated carbocycles. The van der Waals surface area contributed by atoms with Gasteiger partial charge in [0.25, 0.3) is 0 Å². The number of nitrogens with one attached hydrogen (secondary N) is 1. The molecule has 4 nitrogen and oxygen atoms in total. The molecular weight excluding hydrogens is 336 g/mol. The van der Waals surface area contributed by atoms with Crippen molar-refractivity contribution in [1.82, 2.24) is 10.2 Å². The molecule has 1 aliphatic rings. The van der Waals surface area contributed by atoms with Crippen LogP contribution in [0.15, 0.2) is 60.7 Å². The number of nitrogens with zero attached hydrogens (tertiary/aromatic N) is 1. The molecule has 1 N–H and O–H groups in total. The van der Waals surface area contributed by atoms with Gasteiger partial charge in [-0.25, -0.2) is 0 Å². The minimum Gasteiger partial charge on any atom is -0.355 e. The van der Waals surface area contributed by atoms with Gasteiger partial charge in [-0.1, -0.05) is 67.6 Å². The first kappa shape index (κ1) is 19.2. The zero-order valence-corrected chi connectivity index (χ0v) is 15.9. The molecule has 2 aromatic carbocycles. The molecule has 2 amide bonds. The van der Waals surface area contributed by atoms with Crippen LogP contribution in [0.4, 0.5) is 0 Å². The first-order valence-electron chi connectivity index (χ1n) is 9.80. The van der Waals surface area contributed by atoms with Gasteiger partial charge in [0, 0.05) is 26.1 Å². The third kappa shape index (κ3) is 5.19. The maximum absolute atomic E-state index is 12.9. The van der Waals surface area contributed by atoms with Gasteiger partial charge < -0.3 is 10.2 Å². The molecule has 0 aromatic heterocycles. The highest BCUT2D eigenvalue weighted by atomic mass is 16.2. The van der Waals surface area contributed by atoms with E-state index < -0.39 is 0 Å². The lowest BCUT2D eigenvalue weighted by atomic mass is 9.90. The first-order chi connectivity index (χ1) is 13.1. The Morgan fingerprint density at radius 3 is 2.19 bits per heavy atom. The van der Waals surface area contributed by atoms with Gasteiger partial charge >= 0.3 is 0 Å². The van der Waals surface area contributed by atoms with Crippen LogP contribution < -0.4 is 5.32 Å². The number of carbonyl (C=O) groups excluding carboxylic acids is 2. The number of benzene rings is 2. The predicted molar refractivity (Wildman–Crippen MR) is 107 cm³/mol. The fourth-order valence-corrected chi connectivity index (χ4v) is 3.75. The van der Waals surface area contributed by atoms with E-state index >= 15 is 0 Å². The number of piperidine rings is 1. The molecule has 27 heavy (non-hydrogen) atoms. The summed E-state index contributed by atoms with van der Waals surface area (Å²) in [6, 6.07) is 19.5. The van der Waals surface area contributed by atoms with Crippen molar-refractivity contribution in [2.24, 2.45) is 5.92 Å². The van der Waals surface area contributed by atoms with Crippen LogP contribution in [0, 0.1) is 5.92 Å². The van der Waals surface area contributed by atoms with Gasteiger partial charge in [0.05, 0.1) is 5.92 Å². The number of hydrogen-bond donors (Lipinski definition) is 1. The number of amides is 2. The van der Waals surface area contributed by atoms with Gasteiger partial charge in [-0.15, -0.1) is 0 Å². The summed E-state index contributed by atoms with van der Waals surface area (Å²) in [5, 5.41) is 2.97. The predicted octanol–water partition coefficient (Wildman–Crippen LogP) is 3.58. The molecule has 0 bridgehead atoms. The Morgan fingerprint density at radius 1 is 1.04 bits per heavy atom. The van der Waals surface area contributed by atoms with Crippen molar-refractivity contribution < 1.29 is 9.59 Å². The summed E-state index contributed by atoms with van der Waals surface area (Å²) in [5.74, 6) is 0.278. The van der Waals surface area contributed by atoms with Crippen LogP contribution in [-0.2, 0) is 9.59 Å². The van der Waals surface area contributed by atoms with Crippen LogP contribution >= 0.6 is 0 Å². The molecule has 1 saturated heterocycles. The Morgan fingerprint density at radius 2 is 1.63 bits per heavy atom. The Labute approximate surface area is 161 Å². The minimum atomic E-state index is -0.363. The summed E-state index contributed by atoms with van der Waals surface area (Å²) in [6.07, 6.45) is 2.62. The quantitative estimate of drug-likeness (QED) is 0.852. The van der Waals surface area contributed by atoms with Crippen molar-refractivity contribution in [3.8, 4) is 0 Å². The molecule has 1 heterocycles. The van der Waals surface area contributed by atoms with Crippen LogP contribution in [0.5, 0.6) is 0 Å². The first-order valence-corrected chi connectivity index (χ1v) is 9.80. The van der Waals surface area contributed by atoms with E-state index in [9.17, 15) is 9.59 Å². The average molecular weight is 364 g/mol. The zero-order valence-electron chi connectivity index (χ0n) is 15.9. The van der Waals surface area contributed by atoms with Crippen LogP contribution in [0.25, 0.3) is 0 Å². The Balaban J connectivity index is 1.61. The van der Waals surface area contributed by atoms with Crippen LogP contribution in [0.2, 0.25) is 0 Å². The zero-order chi connectivity index (χ0) is 19.1. The molecule has 1 aliphatic heterocycles. The Bertz CT molecular complexity index is 706. The van der Waals surface area contributed by atoms with E-state index in [0.29, 0.717) is 18.9 Å². The van der Waals surface area contributed by atoms with Gasteiger partial charge in [0.15, 0.2) is 0 Å². The molecule has 1 atom stereocenters. The standard InChI is InChI=1S/C23H28N2O2/c1-18-9-8-16-25(17-18)21(26)14-15-24-23(27)22(19-10-4-2-5-11-19)20-12-6-3-7-13-20/h2-7,10-13,18,22H,8-9,14-17H2,1H3,(H,24,27). The van der Waals surface area contributed by atoms with E-state index in [1.54, 1.807) is 0 Å². The molecule has 1 unspecified atom stereocenters. The number of likely N-dealkylation sites (tertiary alicyclic amines) is 1. The molecule has 142 valence electrons. The summed E-state index contributed by atoms with van der Waals surface area (Å²) < 4.78 is 0. The van der Waals surface area contributed by atoms with Crippen molar-refractivity contribution in [1.29, 1.82) is 0 Å². The topological polar surface area (TPSA) is 49.4 Å². The van der Waals surface area contributed by atoms with Crippen molar-refractivity contribution in [2.75, 3.05) is 19.6 Å². The van der Waals surface area contributed by atoms with Crippen LogP contribution in [-0.4, -0.2) is 36.3 Å². The van der Waals surface area contributed by atoms with Gasteiger partial charge in [-0.3, -0.25) is 9.59 Å². The monoisotopic (exact) mass is 364 g/mol. The van der Waals surface area contributed by atoms with E-state index in [1.165, 1.54) is 6.42 Å². The summed E-state index contributed by atoms with van der Waals surface area (Å²) in [7, 11) is 0.